The number of hydrogen-bond acceptors (Lipinski definition) is 4. The van der Waals surface area contributed by atoms with Gasteiger partial charge in [0.25, 0.3) is 0 Å². The van der Waals surface area contributed by atoms with Gasteiger partial charge in [0, 0.05) is 50.8 Å². The van der Waals surface area contributed by atoms with Gasteiger partial charge in [0.15, 0.2) is 0 Å². The van der Waals surface area contributed by atoms with Gasteiger partial charge in [-0.25, -0.2) is 4.79 Å². The van der Waals surface area contributed by atoms with Gasteiger partial charge >= 0.3 is 6.03 Å². The van der Waals surface area contributed by atoms with E-state index in [1.807, 2.05) is 20.8 Å². The Kier molecular flexibility index (Phi) is 7.47. The Morgan fingerprint density at radius 3 is 2.66 bits per heavy atom. The summed E-state index contributed by atoms with van der Waals surface area (Å²) in [5.74, 6) is 0.409. The molecule has 2 rings (SSSR count). The van der Waals surface area contributed by atoms with E-state index in [0.717, 1.165) is 0 Å². The van der Waals surface area contributed by atoms with Crippen LogP contribution in [0.1, 0.15) is 33.3 Å². The van der Waals surface area contributed by atoms with E-state index in [1.165, 1.54) is 6.92 Å². The zero-order chi connectivity index (χ0) is 21.7. The first-order chi connectivity index (χ1) is 13.6. The Bertz CT molecular complexity index is 765. The lowest BCUT2D eigenvalue weighted by atomic mass is 10.0. The van der Waals surface area contributed by atoms with E-state index in [1.54, 1.807) is 42.1 Å². The van der Waals surface area contributed by atoms with E-state index in [2.05, 4.69) is 10.6 Å². The van der Waals surface area contributed by atoms with Crippen LogP contribution < -0.4 is 15.4 Å². The number of urea groups is 1. The van der Waals surface area contributed by atoms with Crippen molar-refractivity contribution in [3.63, 3.8) is 0 Å². The summed E-state index contributed by atoms with van der Waals surface area (Å²) in [5, 5.41) is 5.61. The molecule has 0 aromatic heterocycles. The van der Waals surface area contributed by atoms with E-state index in [4.69, 9.17) is 4.74 Å². The summed E-state index contributed by atoms with van der Waals surface area (Å²) in [7, 11) is 3.50. The Labute approximate surface area is 172 Å². The number of carbonyl (C=O) groups excluding carboxylic acids is 3. The summed E-state index contributed by atoms with van der Waals surface area (Å²) in [4.78, 5) is 39.6. The van der Waals surface area contributed by atoms with E-state index in [9.17, 15) is 14.4 Å². The van der Waals surface area contributed by atoms with Gasteiger partial charge in [0.1, 0.15) is 11.9 Å². The molecule has 29 heavy (non-hydrogen) atoms. The van der Waals surface area contributed by atoms with Crippen molar-refractivity contribution >= 4 is 23.5 Å². The lowest BCUT2D eigenvalue weighted by Gasteiger charge is -2.31. The molecule has 4 amide bonds. The van der Waals surface area contributed by atoms with Crippen LogP contribution in [0, 0.1) is 5.92 Å². The van der Waals surface area contributed by atoms with Gasteiger partial charge in [0.2, 0.25) is 11.8 Å². The number of benzene rings is 1. The van der Waals surface area contributed by atoms with Gasteiger partial charge in [-0.3, -0.25) is 9.59 Å². The molecule has 0 aliphatic carbocycles. The molecule has 2 atom stereocenters. The van der Waals surface area contributed by atoms with Crippen LogP contribution in [0.5, 0.6) is 5.75 Å². The zero-order valence-corrected chi connectivity index (χ0v) is 18.1. The number of carbonyl (C=O) groups is 3. The minimum absolute atomic E-state index is 0.0132. The average Bonchev–Trinajstić information content (AvgIpc) is 2.64. The number of rotatable bonds is 4. The molecule has 1 aliphatic rings. The molecule has 0 radical (unpaired) electrons. The predicted molar refractivity (Wildman–Crippen MR) is 112 cm³/mol. The number of amides is 4. The van der Waals surface area contributed by atoms with Gasteiger partial charge in [-0.15, -0.1) is 0 Å². The fraction of sp³-hybridized carbons (Fsp3) is 0.571. The van der Waals surface area contributed by atoms with Gasteiger partial charge in [-0.05, 0) is 32.0 Å². The molecule has 8 nitrogen and oxygen atoms in total. The molecule has 1 heterocycles. The Hall–Kier alpha value is -2.77. The molecule has 0 unspecified atom stereocenters. The molecule has 0 bridgehead atoms. The topological polar surface area (TPSA) is 91.0 Å². The van der Waals surface area contributed by atoms with Crippen molar-refractivity contribution in [2.75, 3.05) is 32.5 Å². The molecule has 0 saturated carbocycles. The van der Waals surface area contributed by atoms with E-state index < -0.39 is 0 Å². The third-order valence-electron chi connectivity index (χ3n) is 4.84. The second-order valence-corrected chi connectivity index (χ2v) is 8.07. The van der Waals surface area contributed by atoms with Crippen molar-refractivity contribution < 1.29 is 19.1 Å². The van der Waals surface area contributed by atoms with Crippen LogP contribution in [0.15, 0.2) is 18.2 Å². The maximum atomic E-state index is 12.6. The van der Waals surface area contributed by atoms with Crippen LogP contribution >= 0.6 is 0 Å². The highest BCUT2D eigenvalue weighted by Gasteiger charge is 2.29. The standard InChI is InChI=1S/C21H32N4O4/c1-13(2)22-21(28)25(6)12-19-14(3)11-24(5)20(27)10-16-9-17(23-15(4)26)7-8-18(16)29-19/h7-9,13-14,19H,10-12H2,1-6H3,(H,22,28)(H,23,26)/t14-,19+/m0/s1. The molecule has 1 aliphatic heterocycles. The SMILES string of the molecule is CC(=O)Nc1ccc2c(c1)CC(=O)N(C)C[C@H](C)[C@@H](CN(C)C(=O)NC(C)C)O2. The molecule has 2 N–H and O–H groups in total. The van der Waals surface area contributed by atoms with Crippen LogP contribution in [0.3, 0.4) is 0 Å². The number of hydrogen-bond donors (Lipinski definition) is 2. The molecule has 1 aromatic carbocycles. The number of nitrogens with zero attached hydrogens (tertiary/aromatic N) is 2. The largest absolute Gasteiger partial charge is 0.488 e. The van der Waals surface area contributed by atoms with Crippen LogP contribution in [0.4, 0.5) is 10.5 Å². The van der Waals surface area contributed by atoms with E-state index in [0.29, 0.717) is 30.1 Å². The first-order valence-corrected chi connectivity index (χ1v) is 9.89. The van der Waals surface area contributed by atoms with Crippen molar-refractivity contribution in [2.45, 2.75) is 46.3 Å². The number of likely N-dealkylation sites (N-methyl/N-ethyl adjacent to an activating group) is 2. The number of fused-ring (bicyclic) bond motifs is 1. The second kappa shape index (κ2) is 9.62. The van der Waals surface area contributed by atoms with Crippen molar-refractivity contribution in [1.82, 2.24) is 15.1 Å². The van der Waals surface area contributed by atoms with Crippen LogP contribution in [0.2, 0.25) is 0 Å². The average molecular weight is 405 g/mol. The fourth-order valence-electron chi connectivity index (χ4n) is 3.27. The van der Waals surface area contributed by atoms with Crippen LogP contribution in [-0.4, -0.2) is 67.0 Å². The van der Waals surface area contributed by atoms with Crippen LogP contribution in [-0.2, 0) is 16.0 Å². The molecule has 0 spiro atoms. The third-order valence-corrected chi connectivity index (χ3v) is 4.84. The second-order valence-electron chi connectivity index (χ2n) is 8.07. The highest BCUT2D eigenvalue weighted by atomic mass is 16.5. The monoisotopic (exact) mass is 404 g/mol. The molecule has 160 valence electrons. The Morgan fingerprint density at radius 2 is 2.03 bits per heavy atom. The third kappa shape index (κ3) is 6.37. The first-order valence-electron chi connectivity index (χ1n) is 9.89. The Balaban J connectivity index is 2.30. The summed E-state index contributed by atoms with van der Waals surface area (Å²) in [6.07, 6.45) is -0.112. The van der Waals surface area contributed by atoms with Crippen molar-refractivity contribution in [3.05, 3.63) is 23.8 Å². The van der Waals surface area contributed by atoms with Gasteiger partial charge in [0.05, 0.1) is 13.0 Å². The lowest BCUT2D eigenvalue weighted by molar-refractivity contribution is -0.129. The number of anilines is 1. The highest BCUT2D eigenvalue weighted by Crippen LogP contribution is 2.28. The molecule has 0 saturated heterocycles. The van der Waals surface area contributed by atoms with Gasteiger partial charge < -0.3 is 25.2 Å². The normalized spacial score (nSPS) is 19.4. The molecule has 8 heteroatoms. The molecular weight excluding hydrogens is 372 g/mol. The smallest absolute Gasteiger partial charge is 0.317 e. The fourth-order valence-corrected chi connectivity index (χ4v) is 3.27. The highest BCUT2D eigenvalue weighted by molar-refractivity contribution is 5.89. The summed E-state index contributed by atoms with van der Waals surface area (Å²) >= 11 is 0. The maximum absolute atomic E-state index is 12.6. The van der Waals surface area contributed by atoms with Crippen LogP contribution in [0.25, 0.3) is 0 Å². The summed E-state index contributed by atoms with van der Waals surface area (Å²) in [6.45, 7) is 8.18. The first kappa shape index (κ1) is 22.5. The van der Waals surface area contributed by atoms with E-state index >= 15 is 0 Å². The molecule has 0 fully saturated rings. The minimum Gasteiger partial charge on any atom is -0.488 e. The lowest BCUT2D eigenvalue weighted by Crippen LogP contribution is -2.48. The summed E-state index contributed by atoms with van der Waals surface area (Å²) < 4.78 is 6.30. The zero-order valence-electron chi connectivity index (χ0n) is 18.1. The Morgan fingerprint density at radius 1 is 1.34 bits per heavy atom. The maximum Gasteiger partial charge on any atom is 0.317 e. The minimum atomic E-state index is -0.295. The van der Waals surface area contributed by atoms with Crippen molar-refractivity contribution in [3.8, 4) is 5.75 Å². The van der Waals surface area contributed by atoms with Crippen molar-refractivity contribution in [1.29, 1.82) is 0 Å². The van der Waals surface area contributed by atoms with Gasteiger partial charge in [-0.2, -0.15) is 0 Å². The van der Waals surface area contributed by atoms with E-state index in [-0.39, 0.29) is 42.3 Å². The molecule has 1 aromatic rings. The predicted octanol–water partition coefficient (Wildman–Crippen LogP) is 2.09. The number of nitrogens with one attached hydrogen (secondary N) is 2. The van der Waals surface area contributed by atoms with Gasteiger partial charge in [-0.1, -0.05) is 6.92 Å². The van der Waals surface area contributed by atoms with Crippen molar-refractivity contribution in [2.24, 2.45) is 5.92 Å². The quantitative estimate of drug-likeness (QED) is 0.804. The summed E-state index contributed by atoms with van der Waals surface area (Å²) in [5.41, 5.74) is 1.33. The molecular formula is C21H32N4O4. The summed E-state index contributed by atoms with van der Waals surface area (Å²) in [6, 6.07) is 5.17. The number of ether oxygens (including phenoxy) is 1.